The fraction of sp³-hybridized carbons (Fsp3) is 0.294. The Bertz CT molecular complexity index is 644. The summed E-state index contributed by atoms with van der Waals surface area (Å²) < 4.78 is 6.17. The Balaban J connectivity index is 1.90. The van der Waals surface area contributed by atoms with Crippen LogP contribution in [0.4, 0.5) is 0 Å². The number of nitrogens with one attached hydrogen (secondary N) is 1. The molecule has 3 nitrogen and oxygen atoms in total. The van der Waals surface area contributed by atoms with Crippen molar-refractivity contribution in [1.29, 1.82) is 0 Å². The molecule has 0 aliphatic carbocycles. The predicted octanol–water partition coefficient (Wildman–Crippen LogP) is 3.36. The van der Waals surface area contributed by atoms with E-state index < -0.39 is 0 Å². The molecule has 2 aromatic rings. The second kappa shape index (κ2) is 6.10. The minimum atomic E-state index is -0.00856. The highest BCUT2D eigenvalue weighted by atomic mass is 32.2. The van der Waals surface area contributed by atoms with E-state index in [1.807, 2.05) is 30.0 Å². The van der Waals surface area contributed by atoms with Crippen molar-refractivity contribution in [1.82, 2.24) is 5.43 Å². The van der Waals surface area contributed by atoms with Gasteiger partial charge in [-0.1, -0.05) is 35.9 Å². The standard InChI is InChI=1S/C17H20N2OS/c1-11-7-8-12(2)13(9-11)17(19-18)15-10-21-16-6-4-3-5-14(16)20-15/h3-9,15,17,19H,10,18H2,1-2H3. The molecular formula is C17H20N2OS. The quantitative estimate of drug-likeness (QED) is 0.674. The number of aryl methyl sites for hydroxylation is 2. The largest absolute Gasteiger partial charge is 0.486 e. The zero-order valence-electron chi connectivity index (χ0n) is 12.3. The van der Waals surface area contributed by atoms with Crippen LogP contribution in [0.2, 0.25) is 0 Å². The number of ether oxygens (including phenoxy) is 1. The van der Waals surface area contributed by atoms with Crippen LogP contribution in [-0.4, -0.2) is 11.9 Å². The van der Waals surface area contributed by atoms with Crippen molar-refractivity contribution in [3.8, 4) is 5.75 Å². The Hall–Kier alpha value is -1.49. The Morgan fingerprint density at radius 1 is 1.24 bits per heavy atom. The SMILES string of the molecule is Cc1ccc(C)c(C(NN)C2CSc3ccccc3O2)c1. The summed E-state index contributed by atoms with van der Waals surface area (Å²) in [6, 6.07) is 14.6. The van der Waals surface area contributed by atoms with E-state index in [2.05, 4.69) is 43.5 Å². The molecule has 0 fully saturated rings. The molecule has 3 N–H and O–H groups in total. The van der Waals surface area contributed by atoms with Gasteiger partial charge in [-0.25, -0.2) is 5.43 Å². The molecule has 2 atom stereocenters. The first-order chi connectivity index (χ1) is 10.2. The number of hydrogen-bond acceptors (Lipinski definition) is 4. The molecule has 110 valence electrons. The van der Waals surface area contributed by atoms with Gasteiger partial charge in [-0.15, -0.1) is 11.8 Å². The van der Waals surface area contributed by atoms with Gasteiger partial charge in [-0.2, -0.15) is 0 Å². The highest BCUT2D eigenvalue weighted by molar-refractivity contribution is 7.99. The molecule has 3 rings (SSSR count). The molecule has 1 heterocycles. The second-order valence-corrected chi connectivity index (χ2v) is 6.48. The maximum Gasteiger partial charge on any atom is 0.133 e. The Morgan fingerprint density at radius 3 is 2.86 bits per heavy atom. The average Bonchev–Trinajstić information content (AvgIpc) is 2.51. The molecule has 1 aliphatic rings. The number of rotatable bonds is 3. The van der Waals surface area contributed by atoms with E-state index in [0.29, 0.717) is 0 Å². The van der Waals surface area contributed by atoms with Gasteiger partial charge in [-0.3, -0.25) is 5.84 Å². The normalized spacial score (nSPS) is 18.7. The highest BCUT2D eigenvalue weighted by Crippen LogP contribution is 2.38. The Morgan fingerprint density at radius 2 is 2.05 bits per heavy atom. The summed E-state index contributed by atoms with van der Waals surface area (Å²) in [5.41, 5.74) is 6.63. The van der Waals surface area contributed by atoms with Gasteiger partial charge < -0.3 is 4.74 Å². The van der Waals surface area contributed by atoms with Crippen molar-refractivity contribution >= 4 is 11.8 Å². The van der Waals surface area contributed by atoms with Crippen LogP contribution >= 0.6 is 11.8 Å². The monoisotopic (exact) mass is 300 g/mol. The topological polar surface area (TPSA) is 47.3 Å². The van der Waals surface area contributed by atoms with E-state index in [4.69, 9.17) is 10.6 Å². The first kappa shape index (κ1) is 14.4. The lowest BCUT2D eigenvalue weighted by Crippen LogP contribution is -2.42. The van der Waals surface area contributed by atoms with Gasteiger partial charge in [0.05, 0.1) is 6.04 Å². The Kier molecular flexibility index (Phi) is 4.19. The van der Waals surface area contributed by atoms with Crippen molar-refractivity contribution < 1.29 is 4.74 Å². The minimum absolute atomic E-state index is 0.00856. The van der Waals surface area contributed by atoms with Crippen molar-refractivity contribution in [3.05, 3.63) is 59.2 Å². The maximum absolute atomic E-state index is 6.17. The van der Waals surface area contributed by atoms with E-state index in [0.717, 1.165) is 11.5 Å². The molecule has 21 heavy (non-hydrogen) atoms. The summed E-state index contributed by atoms with van der Waals surface area (Å²) in [5, 5.41) is 0. The van der Waals surface area contributed by atoms with Crippen molar-refractivity contribution in [2.24, 2.45) is 5.84 Å². The van der Waals surface area contributed by atoms with E-state index in [-0.39, 0.29) is 12.1 Å². The van der Waals surface area contributed by atoms with Gasteiger partial charge in [0.15, 0.2) is 0 Å². The number of hydrazine groups is 1. The summed E-state index contributed by atoms with van der Waals surface area (Å²) in [4.78, 5) is 1.20. The van der Waals surface area contributed by atoms with Crippen LogP contribution in [0.25, 0.3) is 0 Å². The molecule has 4 heteroatoms. The average molecular weight is 300 g/mol. The lowest BCUT2D eigenvalue weighted by atomic mass is 9.96. The smallest absolute Gasteiger partial charge is 0.133 e. The Labute approximate surface area is 129 Å². The van der Waals surface area contributed by atoms with Gasteiger partial charge >= 0.3 is 0 Å². The maximum atomic E-state index is 6.17. The van der Waals surface area contributed by atoms with E-state index in [1.54, 1.807) is 0 Å². The summed E-state index contributed by atoms with van der Waals surface area (Å²) in [5.74, 6) is 7.67. The van der Waals surface area contributed by atoms with Gasteiger partial charge in [-0.05, 0) is 37.1 Å². The fourth-order valence-corrected chi connectivity index (χ4v) is 3.73. The molecule has 0 radical (unpaired) electrons. The second-order valence-electron chi connectivity index (χ2n) is 5.42. The summed E-state index contributed by atoms with van der Waals surface area (Å²) in [6.07, 6.45) is 0.0235. The number of para-hydroxylation sites is 1. The molecule has 0 aromatic heterocycles. The first-order valence-electron chi connectivity index (χ1n) is 7.11. The number of benzene rings is 2. The van der Waals surface area contributed by atoms with Crippen LogP contribution < -0.4 is 16.0 Å². The zero-order valence-corrected chi connectivity index (χ0v) is 13.1. The summed E-state index contributed by atoms with van der Waals surface area (Å²) in [6.45, 7) is 4.21. The van der Waals surface area contributed by atoms with Gasteiger partial charge in [0, 0.05) is 10.6 Å². The number of nitrogens with two attached hydrogens (primary N) is 1. The van der Waals surface area contributed by atoms with Crippen molar-refractivity contribution in [3.63, 3.8) is 0 Å². The van der Waals surface area contributed by atoms with Crippen LogP contribution in [0.1, 0.15) is 22.7 Å². The third kappa shape index (κ3) is 2.93. The van der Waals surface area contributed by atoms with Crippen molar-refractivity contribution in [2.75, 3.05) is 5.75 Å². The van der Waals surface area contributed by atoms with Crippen LogP contribution in [-0.2, 0) is 0 Å². The zero-order chi connectivity index (χ0) is 14.8. The van der Waals surface area contributed by atoms with Gasteiger partial charge in [0.25, 0.3) is 0 Å². The molecule has 0 spiro atoms. The minimum Gasteiger partial charge on any atom is -0.486 e. The third-order valence-corrected chi connectivity index (χ3v) is 5.00. The summed E-state index contributed by atoms with van der Waals surface area (Å²) in [7, 11) is 0. The van der Waals surface area contributed by atoms with E-state index in [9.17, 15) is 0 Å². The van der Waals surface area contributed by atoms with E-state index >= 15 is 0 Å². The molecule has 2 aromatic carbocycles. The molecule has 0 bridgehead atoms. The molecule has 1 aliphatic heterocycles. The third-order valence-electron chi connectivity index (χ3n) is 3.85. The van der Waals surface area contributed by atoms with Crippen LogP contribution in [0.5, 0.6) is 5.75 Å². The number of thioether (sulfide) groups is 1. The van der Waals surface area contributed by atoms with Gasteiger partial charge in [0.2, 0.25) is 0 Å². The molecule has 0 amide bonds. The van der Waals surface area contributed by atoms with E-state index in [1.165, 1.54) is 21.6 Å². The van der Waals surface area contributed by atoms with Crippen molar-refractivity contribution in [2.45, 2.75) is 30.9 Å². The lowest BCUT2D eigenvalue weighted by Gasteiger charge is -2.32. The lowest BCUT2D eigenvalue weighted by molar-refractivity contribution is 0.166. The fourth-order valence-electron chi connectivity index (χ4n) is 2.69. The number of hydrogen-bond donors (Lipinski definition) is 2. The first-order valence-corrected chi connectivity index (χ1v) is 8.09. The van der Waals surface area contributed by atoms with Crippen LogP contribution in [0.15, 0.2) is 47.4 Å². The molecular weight excluding hydrogens is 280 g/mol. The van der Waals surface area contributed by atoms with Gasteiger partial charge in [0.1, 0.15) is 11.9 Å². The molecule has 0 saturated carbocycles. The summed E-state index contributed by atoms with van der Waals surface area (Å²) >= 11 is 1.82. The predicted molar refractivity (Wildman–Crippen MR) is 87.6 cm³/mol. The number of fused-ring (bicyclic) bond motifs is 1. The van der Waals surface area contributed by atoms with Crippen LogP contribution in [0.3, 0.4) is 0 Å². The van der Waals surface area contributed by atoms with Crippen LogP contribution in [0, 0.1) is 13.8 Å². The highest BCUT2D eigenvalue weighted by Gasteiger charge is 2.29. The molecule has 0 saturated heterocycles. The molecule has 2 unspecified atom stereocenters.